The maximum Gasteiger partial charge on any atom is 0.340 e. The van der Waals surface area contributed by atoms with Gasteiger partial charge < -0.3 is 14.4 Å². The number of fused-ring (bicyclic) bond motifs is 1. The number of methoxy groups -OCH3 is 1. The molecule has 0 spiro atoms. The fourth-order valence-electron chi connectivity index (χ4n) is 2.07. The largest absolute Gasteiger partial charge is 0.465 e. The van der Waals surface area contributed by atoms with Crippen LogP contribution in [0.1, 0.15) is 24.2 Å². The van der Waals surface area contributed by atoms with Crippen LogP contribution in [0.5, 0.6) is 0 Å². The van der Waals surface area contributed by atoms with E-state index in [0.29, 0.717) is 12.1 Å². The summed E-state index contributed by atoms with van der Waals surface area (Å²) in [6.07, 6.45) is 1.73. The Morgan fingerprint density at radius 2 is 2.06 bits per heavy atom. The number of carbonyl (C=O) groups is 1. The molecule has 2 aromatic rings. The SMILES string of the molecule is COC(=O)c1cn(CC(C)(C)O)c2ccccc12. The van der Waals surface area contributed by atoms with Gasteiger partial charge in [0.05, 0.1) is 24.8 Å². The number of benzene rings is 1. The summed E-state index contributed by atoms with van der Waals surface area (Å²) in [5, 5.41) is 10.7. The first kappa shape index (κ1) is 12.6. The van der Waals surface area contributed by atoms with E-state index in [0.717, 1.165) is 10.9 Å². The monoisotopic (exact) mass is 247 g/mol. The van der Waals surface area contributed by atoms with Crippen LogP contribution in [0.25, 0.3) is 10.9 Å². The standard InChI is InChI=1S/C14H17NO3/c1-14(2,17)9-15-8-11(13(16)18-3)10-6-4-5-7-12(10)15/h4-8,17H,9H2,1-3H3. The van der Waals surface area contributed by atoms with Crippen LogP contribution in [0.4, 0.5) is 0 Å². The summed E-state index contributed by atoms with van der Waals surface area (Å²) in [5.41, 5.74) is 0.604. The van der Waals surface area contributed by atoms with Crippen molar-refractivity contribution in [3.63, 3.8) is 0 Å². The molecule has 4 heteroatoms. The predicted octanol–water partition coefficient (Wildman–Crippen LogP) is 2.20. The van der Waals surface area contributed by atoms with Crippen LogP contribution in [0.3, 0.4) is 0 Å². The van der Waals surface area contributed by atoms with E-state index < -0.39 is 5.60 Å². The highest BCUT2D eigenvalue weighted by Gasteiger charge is 2.19. The lowest BCUT2D eigenvalue weighted by Crippen LogP contribution is -2.25. The third kappa shape index (κ3) is 2.38. The molecule has 1 heterocycles. The maximum atomic E-state index is 11.7. The van der Waals surface area contributed by atoms with Crippen molar-refractivity contribution in [2.45, 2.75) is 26.0 Å². The van der Waals surface area contributed by atoms with Gasteiger partial charge in [-0.25, -0.2) is 4.79 Å². The van der Waals surface area contributed by atoms with E-state index >= 15 is 0 Å². The Hall–Kier alpha value is -1.81. The molecule has 0 amide bonds. The van der Waals surface area contributed by atoms with Gasteiger partial charge in [-0.1, -0.05) is 18.2 Å². The molecule has 18 heavy (non-hydrogen) atoms. The van der Waals surface area contributed by atoms with E-state index in [4.69, 9.17) is 4.74 Å². The molecule has 0 saturated carbocycles. The number of aromatic nitrogens is 1. The highest BCUT2D eigenvalue weighted by atomic mass is 16.5. The van der Waals surface area contributed by atoms with Gasteiger partial charge in [-0.15, -0.1) is 0 Å². The molecule has 4 nitrogen and oxygen atoms in total. The van der Waals surface area contributed by atoms with Gasteiger partial charge in [0.2, 0.25) is 0 Å². The second-order valence-electron chi connectivity index (χ2n) is 4.99. The zero-order valence-electron chi connectivity index (χ0n) is 10.8. The quantitative estimate of drug-likeness (QED) is 0.846. The summed E-state index contributed by atoms with van der Waals surface area (Å²) in [5.74, 6) is -0.360. The van der Waals surface area contributed by atoms with Crippen molar-refractivity contribution >= 4 is 16.9 Å². The highest BCUT2D eigenvalue weighted by molar-refractivity contribution is 6.04. The zero-order valence-corrected chi connectivity index (χ0v) is 10.8. The fraction of sp³-hybridized carbons (Fsp3) is 0.357. The van der Waals surface area contributed by atoms with E-state index in [2.05, 4.69) is 0 Å². The maximum absolute atomic E-state index is 11.7. The minimum absolute atomic E-state index is 0.360. The van der Waals surface area contributed by atoms with Crippen LogP contribution in [0, 0.1) is 0 Å². The third-order valence-electron chi connectivity index (χ3n) is 2.75. The number of esters is 1. The molecule has 0 atom stereocenters. The third-order valence-corrected chi connectivity index (χ3v) is 2.75. The van der Waals surface area contributed by atoms with Crippen LogP contribution in [0.2, 0.25) is 0 Å². The Morgan fingerprint density at radius 3 is 2.67 bits per heavy atom. The van der Waals surface area contributed by atoms with Crippen molar-refractivity contribution in [3.05, 3.63) is 36.0 Å². The molecule has 0 aliphatic heterocycles. The van der Waals surface area contributed by atoms with Gasteiger partial charge in [-0.3, -0.25) is 0 Å². The van der Waals surface area contributed by atoms with Crippen molar-refractivity contribution < 1.29 is 14.6 Å². The first-order valence-corrected chi connectivity index (χ1v) is 5.81. The van der Waals surface area contributed by atoms with Crippen LogP contribution < -0.4 is 0 Å². The smallest absolute Gasteiger partial charge is 0.340 e. The summed E-state index contributed by atoms with van der Waals surface area (Å²) in [6.45, 7) is 3.89. The summed E-state index contributed by atoms with van der Waals surface area (Å²) < 4.78 is 6.65. The van der Waals surface area contributed by atoms with Crippen molar-refractivity contribution in [3.8, 4) is 0 Å². The van der Waals surface area contributed by atoms with Gasteiger partial charge in [0.15, 0.2) is 0 Å². The molecule has 0 aliphatic carbocycles. The van der Waals surface area contributed by atoms with Crippen molar-refractivity contribution in [2.75, 3.05) is 7.11 Å². The van der Waals surface area contributed by atoms with Crippen molar-refractivity contribution in [2.24, 2.45) is 0 Å². The summed E-state index contributed by atoms with van der Waals surface area (Å²) >= 11 is 0. The summed E-state index contributed by atoms with van der Waals surface area (Å²) in [7, 11) is 1.37. The average Bonchev–Trinajstić information content (AvgIpc) is 2.65. The minimum Gasteiger partial charge on any atom is -0.465 e. The molecule has 1 aromatic carbocycles. The lowest BCUT2D eigenvalue weighted by Gasteiger charge is -2.18. The minimum atomic E-state index is -0.838. The Morgan fingerprint density at radius 1 is 1.39 bits per heavy atom. The topological polar surface area (TPSA) is 51.5 Å². The van der Waals surface area contributed by atoms with Crippen LogP contribution in [-0.4, -0.2) is 28.4 Å². The summed E-state index contributed by atoms with van der Waals surface area (Å²) in [4.78, 5) is 11.7. The van der Waals surface area contributed by atoms with Crippen molar-refractivity contribution in [1.29, 1.82) is 0 Å². The van der Waals surface area contributed by atoms with Gasteiger partial charge in [-0.05, 0) is 19.9 Å². The number of ether oxygens (including phenoxy) is 1. The van der Waals surface area contributed by atoms with Gasteiger partial charge in [0.1, 0.15) is 0 Å². The summed E-state index contributed by atoms with van der Waals surface area (Å²) in [6, 6.07) is 7.59. The van der Waals surface area contributed by atoms with Gasteiger partial charge >= 0.3 is 5.97 Å². The van der Waals surface area contributed by atoms with E-state index in [-0.39, 0.29) is 5.97 Å². The van der Waals surface area contributed by atoms with Gasteiger partial charge in [0, 0.05) is 17.1 Å². The second kappa shape index (κ2) is 4.46. The van der Waals surface area contributed by atoms with Crippen LogP contribution in [-0.2, 0) is 11.3 Å². The Bertz CT molecular complexity index is 578. The normalized spacial score (nSPS) is 11.8. The zero-order chi connectivity index (χ0) is 13.3. The molecule has 96 valence electrons. The van der Waals surface area contributed by atoms with Crippen LogP contribution >= 0.6 is 0 Å². The molecule has 0 radical (unpaired) electrons. The van der Waals surface area contributed by atoms with E-state index in [1.165, 1.54) is 7.11 Å². The van der Waals surface area contributed by atoms with Gasteiger partial charge in [0.25, 0.3) is 0 Å². The lowest BCUT2D eigenvalue weighted by molar-refractivity contribution is 0.0586. The number of carbonyl (C=O) groups excluding carboxylic acids is 1. The Balaban J connectivity index is 2.58. The van der Waals surface area contributed by atoms with Crippen molar-refractivity contribution in [1.82, 2.24) is 4.57 Å². The fourth-order valence-corrected chi connectivity index (χ4v) is 2.07. The molecule has 0 unspecified atom stereocenters. The molecule has 0 aliphatic rings. The second-order valence-corrected chi connectivity index (χ2v) is 4.99. The molecule has 1 aromatic heterocycles. The van der Waals surface area contributed by atoms with E-state index in [9.17, 15) is 9.90 Å². The van der Waals surface area contributed by atoms with E-state index in [1.54, 1.807) is 20.0 Å². The molecule has 0 saturated heterocycles. The van der Waals surface area contributed by atoms with Gasteiger partial charge in [-0.2, -0.15) is 0 Å². The molecule has 0 fully saturated rings. The van der Waals surface area contributed by atoms with Crippen LogP contribution in [0.15, 0.2) is 30.5 Å². The molecular formula is C14H17NO3. The number of nitrogens with zero attached hydrogens (tertiary/aromatic N) is 1. The first-order chi connectivity index (χ1) is 8.42. The number of hydrogen-bond donors (Lipinski definition) is 1. The Labute approximate surface area is 106 Å². The first-order valence-electron chi connectivity index (χ1n) is 5.81. The predicted molar refractivity (Wildman–Crippen MR) is 69.6 cm³/mol. The molecular weight excluding hydrogens is 230 g/mol. The average molecular weight is 247 g/mol. The molecule has 0 bridgehead atoms. The highest BCUT2D eigenvalue weighted by Crippen LogP contribution is 2.23. The molecule has 1 N–H and O–H groups in total. The van der Waals surface area contributed by atoms with E-state index in [1.807, 2.05) is 28.8 Å². The number of hydrogen-bond acceptors (Lipinski definition) is 3. The number of para-hydroxylation sites is 1. The number of rotatable bonds is 3. The lowest BCUT2D eigenvalue weighted by atomic mass is 10.1. The Kier molecular flexibility index (Phi) is 3.13. The number of aliphatic hydroxyl groups is 1. The molecule has 2 rings (SSSR count).